The Balaban J connectivity index is 0.00000128. The molecule has 2 rings (SSSR count). The monoisotopic (exact) mass is 257 g/mol. The molecule has 0 saturated carbocycles. The van der Waals surface area contributed by atoms with Gasteiger partial charge in [0.05, 0.1) is 0 Å². The predicted octanol–water partition coefficient (Wildman–Crippen LogP) is 3.48. The van der Waals surface area contributed by atoms with Crippen LogP contribution in [0.4, 0.5) is 0 Å². The van der Waals surface area contributed by atoms with E-state index in [2.05, 4.69) is 41.3 Å². The number of alkyl halides is 1. The number of hydrogen-bond acceptors (Lipinski definition) is 1. The molecule has 0 spiro atoms. The fourth-order valence-electron chi connectivity index (χ4n) is 1.86. The van der Waals surface area contributed by atoms with Gasteiger partial charge in [-0.2, -0.15) is 0 Å². The van der Waals surface area contributed by atoms with Crippen LogP contribution in [0.25, 0.3) is 0 Å². The molecule has 1 nitrogen and oxygen atoms in total. The molecule has 0 bridgehead atoms. The van der Waals surface area contributed by atoms with Gasteiger partial charge >= 0.3 is 0 Å². The maximum absolute atomic E-state index is 5.80. The van der Waals surface area contributed by atoms with Crippen molar-refractivity contribution >= 4 is 24.0 Å². The van der Waals surface area contributed by atoms with Gasteiger partial charge in [0.1, 0.15) is 0 Å². The summed E-state index contributed by atoms with van der Waals surface area (Å²) in [4.78, 5) is 2.45. The first-order chi connectivity index (χ1) is 7.38. The van der Waals surface area contributed by atoms with Gasteiger partial charge < -0.3 is 0 Å². The Morgan fingerprint density at radius 3 is 2.50 bits per heavy atom. The molecule has 0 N–H and O–H groups in total. The molecule has 0 aliphatic carbocycles. The number of hydrogen-bond donors (Lipinski definition) is 0. The van der Waals surface area contributed by atoms with Crippen LogP contribution >= 0.6 is 24.0 Å². The highest BCUT2D eigenvalue weighted by Gasteiger charge is 2.10. The molecule has 88 valence electrons. The zero-order valence-electron chi connectivity index (χ0n) is 9.23. The molecule has 0 amide bonds. The summed E-state index contributed by atoms with van der Waals surface area (Å²) in [7, 11) is 0. The molecular weight excluding hydrogens is 241 g/mol. The molecule has 1 aromatic rings. The smallest absolute Gasteiger partial charge is 0.0434 e. The second-order valence-corrected chi connectivity index (χ2v) is 4.23. The van der Waals surface area contributed by atoms with Crippen LogP contribution in [0, 0.1) is 0 Å². The molecule has 1 heterocycles. The first kappa shape index (κ1) is 13.6. The summed E-state index contributed by atoms with van der Waals surface area (Å²) in [5.41, 5.74) is 2.78. The standard InChI is InChI=1S/C13H16ClN.ClH/c14-10-12-6-8-15(9-7-12)11-13-4-2-1-3-5-13;/h1-6H,7-11H2;1H. The summed E-state index contributed by atoms with van der Waals surface area (Å²) in [5, 5.41) is 0. The van der Waals surface area contributed by atoms with Gasteiger partial charge in [0, 0.05) is 25.5 Å². The van der Waals surface area contributed by atoms with E-state index in [4.69, 9.17) is 11.6 Å². The SMILES string of the molecule is Cl.ClCC1=CCN(Cc2ccccc2)CC1. The molecule has 16 heavy (non-hydrogen) atoms. The largest absolute Gasteiger partial charge is 0.295 e. The number of halogens is 2. The Labute approximate surface area is 109 Å². The van der Waals surface area contributed by atoms with Crippen molar-refractivity contribution in [3.63, 3.8) is 0 Å². The van der Waals surface area contributed by atoms with E-state index in [-0.39, 0.29) is 12.4 Å². The molecule has 1 aromatic carbocycles. The molecule has 1 aliphatic rings. The molecule has 0 unspecified atom stereocenters. The Hall–Kier alpha value is -0.500. The van der Waals surface area contributed by atoms with Crippen LogP contribution in [-0.4, -0.2) is 23.9 Å². The van der Waals surface area contributed by atoms with Crippen LogP contribution in [0.15, 0.2) is 42.0 Å². The number of benzene rings is 1. The highest BCUT2D eigenvalue weighted by Crippen LogP contribution is 2.14. The number of rotatable bonds is 3. The van der Waals surface area contributed by atoms with Crippen molar-refractivity contribution in [2.45, 2.75) is 13.0 Å². The first-order valence-electron chi connectivity index (χ1n) is 5.38. The van der Waals surface area contributed by atoms with E-state index in [1.165, 1.54) is 11.1 Å². The average Bonchev–Trinajstić information content (AvgIpc) is 2.31. The van der Waals surface area contributed by atoms with E-state index >= 15 is 0 Å². The van der Waals surface area contributed by atoms with Crippen molar-refractivity contribution in [2.75, 3.05) is 19.0 Å². The van der Waals surface area contributed by atoms with Crippen molar-refractivity contribution in [3.8, 4) is 0 Å². The Morgan fingerprint density at radius 2 is 1.94 bits per heavy atom. The highest BCUT2D eigenvalue weighted by molar-refractivity contribution is 6.19. The lowest BCUT2D eigenvalue weighted by atomic mass is 10.1. The van der Waals surface area contributed by atoms with Crippen molar-refractivity contribution in [2.24, 2.45) is 0 Å². The third-order valence-corrected chi connectivity index (χ3v) is 3.15. The van der Waals surface area contributed by atoms with Gasteiger partial charge in [0.2, 0.25) is 0 Å². The lowest BCUT2D eigenvalue weighted by Gasteiger charge is -2.25. The van der Waals surface area contributed by atoms with E-state index < -0.39 is 0 Å². The van der Waals surface area contributed by atoms with Crippen molar-refractivity contribution in [3.05, 3.63) is 47.5 Å². The third kappa shape index (κ3) is 3.82. The van der Waals surface area contributed by atoms with Gasteiger partial charge in [-0.1, -0.05) is 42.0 Å². The van der Waals surface area contributed by atoms with Crippen LogP contribution in [0.1, 0.15) is 12.0 Å². The molecule has 1 aliphatic heterocycles. The Morgan fingerprint density at radius 1 is 1.19 bits per heavy atom. The second kappa shape index (κ2) is 6.95. The molecule has 3 heteroatoms. The zero-order chi connectivity index (χ0) is 10.5. The summed E-state index contributed by atoms with van der Waals surface area (Å²) < 4.78 is 0. The minimum Gasteiger partial charge on any atom is -0.295 e. The van der Waals surface area contributed by atoms with Crippen LogP contribution in [0.3, 0.4) is 0 Å². The van der Waals surface area contributed by atoms with Gasteiger partial charge in [-0.3, -0.25) is 4.90 Å². The summed E-state index contributed by atoms with van der Waals surface area (Å²) in [6, 6.07) is 10.6. The van der Waals surface area contributed by atoms with Crippen LogP contribution in [0.2, 0.25) is 0 Å². The van der Waals surface area contributed by atoms with Gasteiger partial charge in [0.25, 0.3) is 0 Å². The van der Waals surface area contributed by atoms with Gasteiger partial charge in [-0.05, 0) is 12.0 Å². The molecule has 0 aromatic heterocycles. The number of nitrogens with zero attached hydrogens (tertiary/aromatic N) is 1. The van der Waals surface area contributed by atoms with E-state index in [1.54, 1.807) is 0 Å². The maximum atomic E-state index is 5.80. The third-order valence-electron chi connectivity index (χ3n) is 2.81. The maximum Gasteiger partial charge on any atom is 0.0434 e. The minimum atomic E-state index is 0. The predicted molar refractivity (Wildman–Crippen MR) is 72.4 cm³/mol. The van der Waals surface area contributed by atoms with Crippen LogP contribution in [0.5, 0.6) is 0 Å². The van der Waals surface area contributed by atoms with Crippen LogP contribution in [-0.2, 0) is 6.54 Å². The topological polar surface area (TPSA) is 3.24 Å². The quantitative estimate of drug-likeness (QED) is 0.592. The zero-order valence-corrected chi connectivity index (χ0v) is 10.8. The van der Waals surface area contributed by atoms with Crippen molar-refractivity contribution in [1.29, 1.82) is 0 Å². The second-order valence-electron chi connectivity index (χ2n) is 3.97. The summed E-state index contributed by atoms with van der Waals surface area (Å²) in [5.74, 6) is 0.694. The summed E-state index contributed by atoms with van der Waals surface area (Å²) in [6.45, 7) is 3.22. The van der Waals surface area contributed by atoms with E-state index in [1.807, 2.05) is 0 Å². The van der Waals surface area contributed by atoms with Crippen molar-refractivity contribution in [1.82, 2.24) is 4.90 Å². The normalized spacial score (nSPS) is 16.4. The average molecular weight is 258 g/mol. The Bertz CT molecular complexity index is 335. The van der Waals surface area contributed by atoms with Gasteiger partial charge in [-0.15, -0.1) is 24.0 Å². The van der Waals surface area contributed by atoms with E-state index in [9.17, 15) is 0 Å². The summed E-state index contributed by atoms with van der Waals surface area (Å²) in [6.07, 6.45) is 3.38. The molecule has 0 fully saturated rings. The highest BCUT2D eigenvalue weighted by atomic mass is 35.5. The van der Waals surface area contributed by atoms with Crippen molar-refractivity contribution < 1.29 is 0 Å². The first-order valence-corrected chi connectivity index (χ1v) is 5.92. The summed E-state index contributed by atoms with van der Waals surface area (Å²) >= 11 is 5.80. The van der Waals surface area contributed by atoms with E-state index in [0.29, 0.717) is 5.88 Å². The van der Waals surface area contributed by atoms with E-state index in [0.717, 1.165) is 26.1 Å². The lowest BCUT2D eigenvalue weighted by Crippen LogP contribution is -2.28. The molecule has 0 radical (unpaired) electrons. The fraction of sp³-hybridized carbons (Fsp3) is 0.385. The Kier molecular flexibility index (Phi) is 5.89. The van der Waals surface area contributed by atoms with Gasteiger partial charge in [-0.25, -0.2) is 0 Å². The molecule has 0 atom stereocenters. The lowest BCUT2D eigenvalue weighted by molar-refractivity contribution is 0.286. The van der Waals surface area contributed by atoms with Gasteiger partial charge in [0.15, 0.2) is 0 Å². The molecule has 0 saturated heterocycles. The minimum absolute atomic E-state index is 0. The fourth-order valence-corrected chi connectivity index (χ4v) is 2.10. The van der Waals surface area contributed by atoms with Crippen LogP contribution < -0.4 is 0 Å². The molecular formula is C13H17Cl2N.